The lowest BCUT2D eigenvalue weighted by Gasteiger charge is -2.31. The van der Waals surface area contributed by atoms with E-state index in [1.54, 1.807) is 0 Å². The van der Waals surface area contributed by atoms with Gasteiger partial charge in [-0.25, -0.2) is 9.37 Å². The molecule has 1 aromatic rings. The van der Waals surface area contributed by atoms with E-state index in [1.807, 2.05) is 0 Å². The zero-order valence-corrected chi connectivity index (χ0v) is 8.15. The summed E-state index contributed by atoms with van der Waals surface area (Å²) < 4.78 is 13.1. The van der Waals surface area contributed by atoms with Crippen molar-refractivity contribution in [3.8, 4) is 0 Å². The van der Waals surface area contributed by atoms with E-state index in [2.05, 4.69) is 15.3 Å². The second-order valence-corrected chi connectivity index (χ2v) is 3.80. The fraction of sp³-hybridized carbons (Fsp3) is 0.556. The first-order chi connectivity index (χ1) is 7.15. The van der Waals surface area contributed by atoms with Crippen molar-refractivity contribution < 1.29 is 9.50 Å². The summed E-state index contributed by atoms with van der Waals surface area (Å²) in [5, 5.41) is 11.9. The van der Waals surface area contributed by atoms with E-state index in [4.69, 9.17) is 10.8 Å². The maximum atomic E-state index is 13.1. The van der Waals surface area contributed by atoms with Crippen LogP contribution in [0.25, 0.3) is 0 Å². The van der Waals surface area contributed by atoms with Crippen molar-refractivity contribution >= 4 is 11.8 Å². The van der Waals surface area contributed by atoms with Crippen molar-refractivity contribution in [2.24, 2.45) is 5.92 Å². The normalized spacial score (nSPS) is 24.7. The Morgan fingerprint density at radius 1 is 1.60 bits per heavy atom. The molecule has 0 bridgehead atoms. The van der Waals surface area contributed by atoms with Gasteiger partial charge in [-0.1, -0.05) is 0 Å². The highest BCUT2D eigenvalue weighted by molar-refractivity contribution is 5.39. The average molecular weight is 212 g/mol. The molecule has 1 fully saturated rings. The van der Waals surface area contributed by atoms with Crippen molar-refractivity contribution in [3.63, 3.8) is 0 Å². The highest BCUT2D eigenvalue weighted by Crippen LogP contribution is 2.27. The van der Waals surface area contributed by atoms with E-state index in [-0.39, 0.29) is 17.9 Å². The largest absolute Gasteiger partial charge is 0.393 e. The Hall–Kier alpha value is -1.43. The van der Waals surface area contributed by atoms with Crippen molar-refractivity contribution in [3.05, 3.63) is 12.0 Å². The molecule has 5 nitrogen and oxygen atoms in total. The Morgan fingerprint density at radius 2 is 2.33 bits per heavy atom. The first kappa shape index (κ1) is 10.1. The lowest BCUT2D eigenvalue weighted by Crippen LogP contribution is -2.33. The Bertz CT molecular complexity index is 354. The third kappa shape index (κ3) is 2.33. The van der Waals surface area contributed by atoms with Gasteiger partial charge in [0.2, 0.25) is 5.95 Å². The van der Waals surface area contributed by atoms with Gasteiger partial charge in [-0.2, -0.15) is 4.98 Å². The second kappa shape index (κ2) is 3.98. The zero-order valence-electron chi connectivity index (χ0n) is 8.15. The van der Waals surface area contributed by atoms with Gasteiger partial charge in [-0.3, -0.25) is 0 Å². The molecule has 0 aromatic carbocycles. The number of aliphatic hydroxyl groups is 1. The number of aromatic nitrogens is 2. The molecule has 0 saturated heterocycles. The quantitative estimate of drug-likeness (QED) is 0.674. The van der Waals surface area contributed by atoms with Crippen molar-refractivity contribution in [1.82, 2.24) is 9.97 Å². The molecule has 1 aliphatic rings. The predicted octanol–water partition coefficient (Wildman–Crippen LogP) is 0.381. The Balaban J connectivity index is 1.90. The molecule has 6 heteroatoms. The Labute approximate surface area is 86.5 Å². The summed E-state index contributed by atoms with van der Waals surface area (Å²) in [6.07, 6.45) is 2.36. The molecule has 15 heavy (non-hydrogen) atoms. The molecule has 0 aliphatic heterocycles. The fourth-order valence-corrected chi connectivity index (χ4v) is 1.61. The van der Waals surface area contributed by atoms with E-state index in [0.717, 1.165) is 19.0 Å². The van der Waals surface area contributed by atoms with Gasteiger partial charge in [0.05, 0.1) is 12.3 Å². The fourth-order valence-electron chi connectivity index (χ4n) is 1.61. The van der Waals surface area contributed by atoms with Crippen LogP contribution in [0.4, 0.5) is 16.2 Å². The molecule has 1 aromatic heterocycles. The van der Waals surface area contributed by atoms with Crippen molar-refractivity contribution in [2.45, 2.75) is 18.9 Å². The van der Waals surface area contributed by atoms with Gasteiger partial charge in [-0.15, -0.1) is 0 Å². The van der Waals surface area contributed by atoms with Crippen LogP contribution in [0, 0.1) is 11.7 Å². The minimum absolute atomic E-state index is 0.0487. The van der Waals surface area contributed by atoms with Gasteiger partial charge in [-0.05, 0) is 18.8 Å². The molecule has 0 unspecified atom stereocenters. The maximum Gasteiger partial charge on any atom is 0.222 e. The van der Waals surface area contributed by atoms with Gasteiger partial charge in [0.25, 0.3) is 0 Å². The molecule has 0 amide bonds. The number of nitrogens with two attached hydrogens (primary N) is 1. The van der Waals surface area contributed by atoms with Gasteiger partial charge in [0.1, 0.15) is 0 Å². The van der Waals surface area contributed by atoms with Crippen LogP contribution in [-0.2, 0) is 0 Å². The Kier molecular flexibility index (Phi) is 2.68. The van der Waals surface area contributed by atoms with Crippen LogP contribution in [0.5, 0.6) is 0 Å². The second-order valence-electron chi connectivity index (χ2n) is 3.80. The standard InChI is InChI=1S/C9H13FN4O/c10-7-4-13-9(11)14-8(7)12-3-5-1-6(15)2-5/h4-6,15H,1-3H2,(H3,11,12,13,14). The molecular weight excluding hydrogens is 199 g/mol. The molecule has 0 atom stereocenters. The number of hydrogen-bond donors (Lipinski definition) is 3. The van der Waals surface area contributed by atoms with Crippen molar-refractivity contribution in [1.29, 1.82) is 0 Å². The number of anilines is 2. The van der Waals surface area contributed by atoms with Crippen LogP contribution in [0.15, 0.2) is 6.20 Å². The van der Waals surface area contributed by atoms with Gasteiger partial charge >= 0.3 is 0 Å². The van der Waals surface area contributed by atoms with Gasteiger partial charge in [0, 0.05) is 6.54 Å². The molecule has 0 radical (unpaired) electrons. The summed E-state index contributed by atoms with van der Waals surface area (Å²) in [7, 11) is 0. The summed E-state index contributed by atoms with van der Waals surface area (Å²) in [6.45, 7) is 0.602. The molecule has 82 valence electrons. The molecular formula is C9H13FN4O. The molecule has 1 saturated carbocycles. The summed E-state index contributed by atoms with van der Waals surface area (Å²) in [6, 6.07) is 0. The molecule has 1 aliphatic carbocycles. The summed E-state index contributed by atoms with van der Waals surface area (Å²) in [4.78, 5) is 7.26. The highest BCUT2D eigenvalue weighted by Gasteiger charge is 2.26. The van der Waals surface area contributed by atoms with Crippen LogP contribution in [0.2, 0.25) is 0 Å². The number of aliphatic hydroxyl groups excluding tert-OH is 1. The van der Waals surface area contributed by atoms with Crippen LogP contribution in [-0.4, -0.2) is 27.7 Å². The summed E-state index contributed by atoms with van der Waals surface area (Å²) in [5.41, 5.74) is 5.33. The molecule has 0 spiro atoms. The van der Waals surface area contributed by atoms with Crippen LogP contribution >= 0.6 is 0 Å². The van der Waals surface area contributed by atoms with E-state index in [9.17, 15) is 4.39 Å². The number of nitrogens with zero attached hydrogens (tertiary/aromatic N) is 2. The topological polar surface area (TPSA) is 84.1 Å². The minimum Gasteiger partial charge on any atom is -0.393 e. The number of halogens is 1. The van der Waals surface area contributed by atoms with Gasteiger partial charge in [0.15, 0.2) is 11.6 Å². The zero-order chi connectivity index (χ0) is 10.8. The summed E-state index contributed by atoms with van der Waals surface area (Å²) in [5.74, 6) is 0.0519. The first-order valence-corrected chi connectivity index (χ1v) is 4.85. The average Bonchev–Trinajstić information content (AvgIpc) is 2.16. The van der Waals surface area contributed by atoms with E-state index < -0.39 is 5.82 Å². The first-order valence-electron chi connectivity index (χ1n) is 4.85. The number of rotatable bonds is 3. The monoisotopic (exact) mass is 212 g/mol. The minimum atomic E-state index is -0.510. The number of nitrogen functional groups attached to an aromatic ring is 1. The molecule has 4 N–H and O–H groups in total. The third-order valence-electron chi connectivity index (χ3n) is 2.53. The van der Waals surface area contributed by atoms with Crippen LogP contribution in [0.3, 0.4) is 0 Å². The third-order valence-corrected chi connectivity index (χ3v) is 2.53. The smallest absolute Gasteiger partial charge is 0.222 e. The van der Waals surface area contributed by atoms with E-state index in [0.29, 0.717) is 12.5 Å². The van der Waals surface area contributed by atoms with Crippen LogP contribution < -0.4 is 11.1 Å². The highest BCUT2D eigenvalue weighted by atomic mass is 19.1. The van der Waals surface area contributed by atoms with Crippen molar-refractivity contribution in [2.75, 3.05) is 17.6 Å². The molecule has 2 rings (SSSR count). The molecule has 1 heterocycles. The number of hydrogen-bond acceptors (Lipinski definition) is 5. The van der Waals surface area contributed by atoms with Crippen LogP contribution in [0.1, 0.15) is 12.8 Å². The van der Waals surface area contributed by atoms with E-state index >= 15 is 0 Å². The Morgan fingerprint density at radius 3 is 3.00 bits per heavy atom. The summed E-state index contributed by atoms with van der Waals surface area (Å²) >= 11 is 0. The number of nitrogens with one attached hydrogen (secondary N) is 1. The lowest BCUT2D eigenvalue weighted by molar-refractivity contribution is 0.0486. The maximum absolute atomic E-state index is 13.1. The van der Waals surface area contributed by atoms with E-state index in [1.165, 1.54) is 0 Å². The SMILES string of the molecule is Nc1ncc(F)c(NCC2CC(O)C2)n1. The van der Waals surface area contributed by atoms with Gasteiger partial charge < -0.3 is 16.2 Å². The lowest BCUT2D eigenvalue weighted by atomic mass is 9.82. The predicted molar refractivity (Wildman–Crippen MR) is 53.6 cm³/mol.